The van der Waals surface area contributed by atoms with Gasteiger partial charge in [-0.05, 0) is 60.5 Å². The Labute approximate surface area is 179 Å². The molecule has 3 nitrogen and oxygen atoms in total. The quantitative estimate of drug-likeness (QED) is 0.543. The highest BCUT2D eigenvalue weighted by atomic mass is 16.1. The summed E-state index contributed by atoms with van der Waals surface area (Å²) in [6, 6.07) is 23.4. The molecule has 4 rings (SSSR count). The molecule has 1 saturated heterocycles. The van der Waals surface area contributed by atoms with Crippen molar-refractivity contribution in [3.05, 3.63) is 101 Å². The van der Waals surface area contributed by atoms with E-state index in [1.807, 2.05) is 24.5 Å². The van der Waals surface area contributed by atoms with Crippen molar-refractivity contribution in [3.8, 4) is 0 Å². The Bertz CT molecular complexity index is 970. The molecule has 3 heteroatoms. The van der Waals surface area contributed by atoms with Crippen molar-refractivity contribution in [2.45, 2.75) is 45.2 Å². The maximum Gasteiger partial charge on any atom is 0.135 e. The van der Waals surface area contributed by atoms with Gasteiger partial charge in [-0.25, -0.2) is 0 Å². The zero-order chi connectivity index (χ0) is 20.9. The molecule has 1 aromatic heterocycles. The first-order chi connectivity index (χ1) is 14.7. The lowest BCUT2D eigenvalue weighted by Crippen LogP contribution is -2.45. The summed E-state index contributed by atoms with van der Waals surface area (Å²) in [4.78, 5) is 19.9. The standard InChI is InChI=1S/C27H30N2O/c1-3-22-11-7-8-14-24(22)25-15-17-29(19-21-10-9-16-28-18-21)27(26(25)20(2)30)23-12-5-4-6-13-23/h4-14,16,18,25-27H,3,15,17,19H2,1-2H3/t25-,26-,27-/m0/s1. The Morgan fingerprint density at radius 2 is 1.80 bits per heavy atom. The van der Waals surface area contributed by atoms with E-state index in [2.05, 4.69) is 71.4 Å². The van der Waals surface area contributed by atoms with Crippen LogP contribution in [0.5, 0.6) is 0 Å². The Morgan fingerprint density at radius 1 is 1.03 bits per heavy atom. The molecule has 0 radical (unpaired) electrons. The van der Waals surface area contributed by atoms with Crippen LogP contribution in [0, 0.1) is 5.92 Å². The van der Waals surface area contributed by atoms with Crippen LogP contribution in [-0.2, 0) is 17.8 Å². The number of carbonyl (C=O) groups is 1. The van der Waals surface area contributed by atoms with Gasteiger partial charge in [0.2, 0.25) is 0 Å². The number of hydrogen-bond donors (Lipinski definition) is 0. The van der Waals surface area contributed by atoms with Gasteiger partial charge in [-0.1, -0.05) is 67.6 Å². The lowest BCUT2D eigenvalue weighted by molar-refractivity contribution is -0.126. The van der Waals surface area contributed by atoms with Crippen LogP contribution in [-0.4, -0.2) is 22.2 Å². The second kappa shape index (κ2) is 9.36. The molecule has 2 aromatic carbocycles. The molecule has 1 aliphatic rings. The van der Waals surface area contributed by atoms with Crippen LogP contribution in [0.15, 0.2) is 79.1 Å². The van der Waals surface area contributed by atoms with E-state index in [1.54, 1.807) is 6.92 Å². The van der Waals surface area contributed by atoms with E-state index in [1.165, 1.54) is 22.3 Å². The topological polar surface area (TPSA) is 33.2 Å². The Balaban J connectivity index is 1.76. The molecule has 0 spiro atoms. The lowest BCUT2D eigenvalue weighted by Gasteiger charge is -2.45. The van der Waals surface area contributed by atoms with Crippen LogP contribution in [0.3, 0.4) is 0 Å². The number of aryl methyl sites for hydroxylation is 1. The van der Waals surface area contributed by atoms with Crippen molar-refractivity contribution in [2.75, 3.05) is 6.54 Å². The molecule has 0 saturated carbocycles. The molecular weight excluding hydrogens is 368 g/mol. The molecule has 154 valence electrons. The van der Waals surface area contributed by atoms with Gasteiger partial charge in [-0.2, -0.15) is 0 Å². The monoisotopic (exact) mass is 398 g/mol. The molecule has 0 aliphatic carbocycles. The summed E-state index contributed by atoms with van der Waals surface area (Å²) in [6.45, 7) is 5.74. The van der Waals surface area contributed by atoms with Crippen LogP contribution >= 0.6 is 0 Å². The van der Waals surface area contributed by atoms with Crippen molar-refractivity contribution in [2.24, 2.45) is 5.92 Å². The predicted molar refractivity (Wildman–Crippen MR) is 121 cm³/mol. The Kier molecular flexibility index (Phi) is 6.39. The molecule has 30 heavy (non-hydrogen) atoms. The third kappa shape index (κ3) is 4.22. The largest absolute Gasteiger partial charge is 0.300 e. The predicted octanol–water partition coefficient (Wildman–Crippen LogP) is 5.58. The van der Waals surface area contributed by atoms with Crippen molar-refractivity contribution in [3.63, 3.8) is 0 Å². The summed E-state index contributed by atoms with van der Waals surface area (Å²) in [6.07, 6.45) is 5.73. The van der Waals surface area contributed by atoms with Gasteiger partial charge < -0.3 is 0 Å². The highest BCUT2D eigenvalue weighted by Crippen LogP contribution is 2.46. The van der Waals surface area contributed by atoms with E-state index in [-0.39, 0.29) is 23.7 Å². The smallest absolute Gasteiger partial charge is 0.135 e. The second-order valence-electron chi connectivity index (χ2n) is 8.27. The summed E-state index contributed by atoms with van der Waals surface area (Å²) in [5, 5.41) is 0. The number of ketones is 1. The van der Waals surface area contributed by atoms with E-state index in [4.69, 9.17) is 0 Å². The van der Waals surface area contributed by atoms with Gasteiger partial charge >= 0.3 is 0 Å². The van der Waals surface area contributed by atoms with E-state index in [0.717, 1.165) is 25.9 Å². The maximum absolute atomic E-state index is 13.1. The third-order valence-electron chi connectivity index (χ3n) is 6.45. The third-order valence-corrected chi connectivity index (χ3v) is 6.45. The minimum Gasteiger partial charge on any atom is -0.300 e. The molecule has 3 atom stereocenters. The number of likely N-dealkylation sites (tertiary alicyclic amines) is 1. The van der Waals surface area contributed by atoms with Crippen molar-refractivity contribution >= 4 is 5.78 Å². The van der Waals surface area contributed by atoms with Crippen molar-refractivity contribution < 1.29 is 4.79 Å². The van der Waals surface area contributed by atoms with E-state index >= 15 is 0 Å². The lowest BCUT2D eigenvalue weighted by atomic mass is 9.70. The minimum atomic E-state index is -0.0643. The fourth-order valence-electron chi connectivity index (χ4n) is 5.12. The molecule has 0 amide bonds. The summed E-state index contributed by atoms with van der Waals surface area (Å²) in [5.74, 6) is 0.454. The summed E-state index contributed by atoms with van der Waals surface area (Å²) in [5.41, 5.74) is 5.12. The number of nitrogens with zero attached hydrogens (tertiary/aromatic N) is 2. The zero-order valence-corrected chi connectivity index (χ0v) is 17.9. The number of Topliss-reactive ketones (excluding diaryl/α,β-unsaturated/α-hetero) is 1. The number of carbonyl (C=O) groups excluding carboxylic acids is 1. The molecule has 1 fully saturated rings. The Morgan fingerprint density at radius 3 is 2.50 bits per heavy atom. The molecule has 0 N–H and O–H groups in total. The highest BCUT2D eigenvalue weighted by molar-refractivity contribution is 5.80. The van der Waals surface area contributed by atoms with Gasteiger partial charge in [0, 0.05) is 30.9 Å². The van der Waals surface area contributed by atoms with E-state index in [9.17, 15) is 4.79 Å². The second-order valence-corrected chi connectivity index (χ2v) is 8.27. The number of pyridine rings is 1. The van der Waals surface area contributed by atoms with Gasteiger partial charge in [0.25, 0.3) is 0 Å². The number of rotatable bonds is 6. The van der Waals surface area contributed by atoms with Crippen LogP contribution in [0.25, 0.3) is 0 Å². The van der Waals surface area contributed by atoms with Crippen LogP contribution in [0.4, 0.5) is 0 Å². The summed E-state index contributed by atoms with van der Waals surface area (Å²) < 4.78 is 0. The number of hydrogen-bond acceptors (Lipinski definition) is 3. The molecule has 0 bridgehead atoms. The first kappa shape index (κ1) is 20.5. The molecule has 2 heterocycles. The average molecular weight is 399 g/mol. The summed E-state index contributed by atoms with van der Waals surface area (Å²) >= 11 is 0. The summed E-state index contributed by atoms with van der Waals surface area (Å²) in [7, 11) is 0. The fourth-order valence-corrected chi connectivity index (χ4v) is 5.12. The molecule has 0 unspecified atom stereocenters. The highest BCUT2D eigenvalue weighted by Gasteiger charge is 2.42. The first-order valence-corrected chi connectivity index (χ1v) is 10.9. The van der Waals surface area contributed by atoms with Gasteiger partial charge in [-0.3, -0.25) is 14.7 Å². The molecular formula is C27H30N2O. The SMILES string of the molecule is CCc1ccccc1[C@@H]1CCN(Cc2cccnc2)[C@@H](c2ccccc2)[C@H]1C(C)=O. The number of benzene rings is 2. The van der Waals surface area contributed by atoms with Gasteiger partial charge in [0.15, 0.2) is 0 Å². The van der Waals surface area contributed by atoms with Crippen LogP contribution < -0.4 is 0 Å². The fraction of sp³-hybridized carbons (Fsp3) is 0.333. The molecule has 3 aromatic rings. The average Bonchev–Trinajstić information content (AvgIpc) is 2.80. The first-order valence-electron chi connectivity index (χ1n) is 10.9. The van der Waals surface area contributed by atoms with E-state index in [0.29, 0.717) is 0 Å². The van der Waals surface area contributed by atoms with Crippen LogP contribution in [0.2, 0.25) is 0 Å². The van der Waals surface area contributed by atoms with Crippen molar-refractivity contribution in [1.82, 2.24) is 9.88 Å². The van der Waals surface area contributed by atoms with Gasteiger partial charge in [0.05, 0.1) is 0 Å². The molecule has 1 aliphatic heterocycles. The number of piperidine rings is 1. The zero-order valence-electron chi connectivity index (χ0n) is 17.9. The van der Waals surface area contributed by atoms with Gasteiger partial charge in [0.1, 0.15) is 5.78 Å². The van der Waals surface area contributed by atoms with E-state index < -0.39 is 0 Å². The van der Waals surface area contributed by atoms with Gasteiger partial charge in [-0.15, -0.1) is 0 Å². The normalized spacial score (nSPS) is 22.0. The number of aromatic nitrogens is 1. The van der Waals surface area contributed by atoms with Crippen molar-refractivity contribution in [1.29, 1.82) is 0 Å². The minimum absolute atomic E-state index is 0.0626. The maximum atomic E-state index is 13.1. The van der Waals surface area contributed by atoms with Crippen LogP contribution in [0.1, 0.15) is 54.5 Å². The Hall–Kier alpha value is -2.78.